The summed E-state index contributed by atoms with van der Waals surface area (Å²) in [6.07, 6.45) is 3.57. The standard InChI is InChI=1S/C17H16ClN3O2/c1-20(11-12-21-10-4-9-19-21)17(22)16-8-7-15(23-16)13-5-2-3-6-14(13)18/h2-10H,11-12H2,1H3. The monoisotopic (exact) mass is 329 g/mol. The molecule has 23 heavy (non-hydrogen) atoms. The van der Waals surface area contributed by atoms with Gasteiger partial charge in [0.1, 0.15) is 5.76 Å². The molecule has 3 aromatic rings. The van der Waals surface area contributed by atoms with E-state index in [1.54, 1.807) is 41.0 Å². The first-order valence-electron chi connectivity index (χ1n) is 7.23. The Morgan fingerprint density at radius 3 is 2.83 bits per heavy atom. The lowest BCUT2D eigenvalue weighted by atomic mass is 10.2. The maximum atomic E-state index is 12.4. The van der Waals surface area contributed by atoms with Crippen LogP contribution in [0.15, 0.2) is 59.3 Å². The Bertz CT molecular complexity index is 796. The Morgan fingerprint density at radius 2 is 2.09 bits per heavy atom. The van der Waals surface area contributed by atoms with E-state index in [0.717, 1.165) is 5.56 Å². The van der Waals surface area contributed by atoms with E-state index in [1.165, 1.54) is 0 Å². The predicted molar refractivity (Wildman–Crippen MR) is 88.3 cm³/mol. The minimum Gasteiger partial charge on any atom is -0.451 e. The summed E-state index contributed by atoms with van der Waals surface area (Å²) in [5.74, 6) is 0.706. The van der Waals surface area contributed by atoms with Gasteiger partial charge in [-0.25, -0.2) is 0 Å². The van der Waals surface area contributed by atoms with Gasteiger partial charge in [-0.3, -0.25) is 9.48 Å². The molecule has 3 rings (SSSR count). The molecule has 0 aliphatic heterocycles. The lowest BCUT2D eigenvalue weighted by Crippen LogP contribution is -2.29. The molecule has 0 saturated carbocycles. The maximum Gasteiger partial charge on any atom is 0.289 e. The highest BCUT2D eigenvalue weighted by atomic mass is 35.5. The minimum atomic E-state index is -0.171. The van der Waals surface area contributed by atoms with Crippen LogP contribution >= 0.6 is 11.6 Å². The molecule has 6 heteroatoms. The molecular weight excluding hydrogens is 314 g/mol. The number of likely N-dealkylation sites (N-methyl/N-ethyl adjacent to an activating group) is 1. The van der Waals surface area contributed by atoms with E-state index in [9.17, 15) is 4.79 Å². The number of furan rings is 1. The van der Waals surface area contributed by atoms with E-state index in [-0.39, 0.29) is 5.91 Å². The minimum absolute atomic E-state index is 0.171. The van der Waals surface area contributed by atoms with Crippen molar-refractivity contribution < 1.29 is 9.21 Å². The van der Waals surface area contributed by atoms with E-state index in [0.29, 0.717) is 29.6 Å². The van der Waals surface area contributed by atoms with Crippen molar-refractivity contribution in [1.82, 2.24) is 14.7 Å². The Morgan fingerprint density at radius 1 is 1.26 bits per heavy atom. The number of carbonyl (C=O) groups is 1. The number of carbonyl (C=O) groups excluding carboxylic acids is 1. The molecule has 0 spiro atoms. The van der Waals surface area contributed by atoms with E-state index in [2.05, 4.69) is 5.10 Å². The second kappa shape index (κ2) is 6.71. The molecule has 0 unspecified atom stereocenters. The van der Waals surface area contributed by atoms with Gasteiger partial charge in [0.2, 0.25) is 0 Å². The molecule has 118 valence electrons. The average Bonchev–Trinajstić information content (AvgIpc) is 3.24. The smallest absolute Gasteiger partial charge is 0.289 e. The molecule has 0 N–H and O–H groups in total. The molecule has 2 heterocycles. The van der Waals surface area contributed by atoms with Gasteiger partial charge in [-0.05, 0) is 30.3 Å². The van der Waals surface area contributed by atoms with Gasteiger partial charge in [0, 0.05) is 31.5 Å². The first-order chi connectivity index (χ1) is 11.1. The van der Waals surface area contributed by atoms with Crippen LogP contribution in [0, 0.1) is 0 Å². The summed E-state index contributed by atoms with van der Waals surface area (Å²) < 4.78 is 7.45. The first-order valence-corrected chi connectivity index (χ1v) is 7.60. The third-order valence-electron chi connectivity index (χ3n) is 3.53. The zero-order valence-corrected chi connectivity index (χ0v) is 13.4. The van der Waals surface area contributed by atoms with Crippen LogP contribution < -0.4 is 0 Å². The second-order valence-electron chi connectivity index (χ2n) is 5.14. The van der Waals surface area contributed by atoms with Gasteiger partial charge in [0.25, 0.3) is 5.91 Å². The summed E-state index contributed by atoms with van der Waals surface area (Å²) in [5.41, 5.74) is 0.771. The quantitative estimate of drug-likeness (QED) is 0.719. The van der Waals surface area contributed by atoms with Gasteiger partial charge in [0.15, 0.2) is 5.76 Å². The number of aromatic nitrogens is 2. The van der Waals surface area contributed by atoms with Crippen LogP contribution in [-0.4, -0.2) is 34.2 Å². The van der Waals surface area contributed by atoms with Crippen molar-refractivity contribution in [3.05, 3.63) is 65.6 Å². The molecule has 1 aromatic carbocycles. The van der Waals surface area contributed by atoms with Crippen LogP contribution in [0.25, 0.3) is 11.3 Å². The van der Waals surface area contributed by atoms with Crippen molar-refractivity contribution in [3.63, 3.8) is 0 Å². The lowest BCUT2D eigenvalue weighted by Gasteiger charge is -2.15. The van der Waals surface area contributed by atoms with Crippen LogP contribution in [0.1, 0.15) is 10.6 Å². The van der Waals surface area contributed by atoms with Crippen molar-refractivity contribution in [2.75, 3.05) is 13.6 Å². The fourth-order valence-electron chi connectivity index (χ4n) is 2.23. The Hall–Kier alpha value is -2.53. The molecule has 0 bridgehead atoms. The summed E-state index contributed by atoms with van der Waals surface area (Å²) in [4.78, 5) is 14.0. The van der Waals surface area contributed by atoms with Gasteiger partial charge in [-0.15, -0.1) is 0 Å². The number of hydrogen-bond acceptors (Lipinski definition) is 3. The zero-order valence-electron chi connectivity index (χ0n) is 12.6. The van der Waals surface area contributed by atoms with Crippen molar-refractivity contribution in [3.8, 4) is 11.3 Å². The average molecular weight is 330 g/mol. The number of amides is 1. The summed E-state index contributed by atoms with van der Waals surface area (Å²) in [6.45, 7) is 1.18. The van der Waals surface area contributed by atoms with Crippen molar-refractivity contribution in [2.45, 2.75) is 6.54 Å². The van der Waals surface area contributed by atoms with Crippen LogP contribution in [0.2, 0.25) is 5.02 Å². The summed E-state index contributed by atoms with van der Waals surface area (Å²) >= 11 is 6.15. The maximum absolute atomic E-state index is 12.4. The van der Waals surface area contributed by atoms with Gasteiger partial charge < -0.3 is 9.32 Å². The number of halogens is 1. The number of hydrogen-bond donors (Lipinski definition) is 0. The highest BCUT2D eigenvalue weighted by Gasteiger charge is 2.17. The molecule has 5 nitrogen and oxygen atoms in total. The van der Waals surface area contributed by atoms with E-state index < -0.39 is 0 Å². The van der Waals surface area contributed by atoms with Gasteiger partial charge in [-0.1, -0.05) is 23.7 Å². The third kappa shape index (κ3) is 3.46. The molecule has 2 aromatic heterocycles. The Kier molecular flexibility index (Phi) is 4.48. The van der Waals surface area contributed by atoms with Gasteiger partial charge in [0.05, 0.1) is 11.6 Å². The molecule has 0 atom stereocenters. The van der Waals surface area contributed by atoms with Crippen LogP contribution in [0.3, 0.4) is 0 Å². The zero-order chi connectivity index (χ0) is 16.2. The molecule has 0 aliphatic rings. The largest absolute Gasteiger partial charge is 0.451 e. The number of nitrogens with zero attached hydrogens (tertiary/aromatic N) is 3. The number of benzene rings is 1. The predicted octanol–water partition coefficient (Wildman–Crippen LogP) is 3.57. The lowest BCUT2D eigenvalue weighted by molar-refractivity contribution is 0.0758. The van der Waals surface area contributed by atoms with E-state index in [4.69, 9.17) is 16.0 Å². The third-order valence-corrected chi connectivity index (χ3v) is 3.86. The Balaban J connectivity index is 1.69. The van der Waals surface area contributed by atoms with Crippen molar-refractivity contribution in [1.29, 1.82) is 0 Å². The first kappa shape index (κ1) is 15.4. The van der Waals surface area contributed by atoms with Crippen LogP contribution in [-0.2, 0) is 6.54 Å². The van der Waals surface area contributed by atoms with E-state index >= 15 is 0 Å². The highest BCUT2D eigenvalue weighted by Crippen LogP contribution is 2.29. The molecule has 0 fully saturated rings. The van der Waals surface area contributed by atoms with Crippen LogP contribution in [0.4, 0.5) is 0 Å². The molecule has 1 amide bonds. The summed E-state index contributed by atoms with van der Waals surface area (Å²) in [6, 6.07) is 12.7. The fraction of sp³-hybridized carbons (Fsp3) is 0.176. The number of rotatable bonds is 5. The fourth-order valence-corrected chi connectivity index (χ4v) is 2.46. The normalized spacial score (nSPS) is 10.7. The summed E-state index contributed by atoms with van der Waals surface area (Å²) in [5, 5.41) is 4.70. The molecule has 0 radical (unpaired) electrons. The highest BCUT2D eigenvalue weighted by molar-refractivity contribution is 6.33. The van der Waals surface area contributed by atoms with Gasteiger partial charge >= 0.3 is 0 Å². The van der Waals surface area contributed by atoms with Crippen molar-refractivity contribution in [2.24, 2.45) is 0 Å². The SMILES string of the molecule is CN(CCn1cccn1)C(=O)c1ccc(-c2ccccc2Cl)o1. The second-order valence-corrected chi connectivity index (χ2v) is 5.55. The van der Waals surface area contributed by atoms with Gasteiger partial charge in [-0.2, -0.15) is 5.10 Å². The van der Waals surface area contributed by atoms with E-state index in [1.807, 2.05) is 30.5 Å². The summed E-state index contributed by atoms with van der Waals surface area (Å²) in [7, 11) is 1.74. The molecular formula is C17H16ClN3O2. The topological polar surface area (TPSA) is 51.3 Å². The Labute approximate surface area is 139 Å². The molecule has 0 aliphatic carbocycles. The van der Waals surface area contributed by atoms with Crippen molar-refractivity contribution >= 4 is 17.5 Å². The molecule has 0 saturated heterocycles. The van der Waals surface area contributed by atoms with Crippen LogP contribution in [0.5, 0.6) is 0 Å².